The minimum atomic E-state index is -4.94. The van der Waals surface area contributed by atoms with Crippen molar-refractivity contribution in [2.75, 3.05) is 0 Å². The number of hydrogen-bond donors (Lipinski definition) is 0. The normalized spacial score (nSPS) is 10.8. The van der Waals surface area contributed by atoms with Crippen LogP contribution in [-0.2, 0) is 44.7 Å². The van der Waals surface area contributed by atoms with Crippen LogP contribution in [0.4, 0.5) is 0 Å². The van der Waals surface area contributed by atoms with Gasteiger partial charge in [0.05, 0.1) is 10.2 Å². The van der Waals surface area contributed by atoms with Crippen molar-refractivity contribution in [1.29, 1.82) is 0 Å². The first kappa shape index (κ1) is 49.3. The summed E-state index contributed by atoms with van der Waals surface area (Å²) in [5, 5.41) is 18.1. The Hall–Kier alpha value is -4.38. The molecule has 4 heterocycles. The number of rotatable bonds is 6. The van der Waals surface area contributed by atoms with Crippen LogP contribution in [0.15, 0.2) is 154 Å². The number of aromatic nitrogens is 6. The molecule has 0 amide bonds. The van der Waals surface area contributed by atoms with Crippen molar-refractivity contribution in [2.45, 2.75) is 22.5 Å². The van der Waals surface area contributed by atoms with E-state index >= 15 is 0 Å². The zero-order chi connectivity index (χ0) is 43.5. The van der Waals surface area contributed by atoms with Crippen molar-refractivity contribution in [3.05, 3.63) is 157 Å². The zero-order valence-electron chi connectivity index (χ0n) is 31.9. The Morgan fingerprint density at radius 3 is 0.918 bits per heavy atom. The third-order valence-corrected chi connectivity index (χ3v) is 10.1. The summed E-state index contributed by atoms with van der Waals surface area (Å²) in [6, 6.07) is 50.2. The second-order valence-electron chi connectivity index (χ2n) is 12.1. The van der Waals surface area contributed by atoms with E-state index in [2.05, 4.69) is 140 Å². The van der Waals surface area contributed by atoms with Gasteiger partial charge in [-0.05, 0) is 60.4 Å². The Kier molecular flexibility index (Phi) is 18.3. The molecular weight excluding hydrogens is 957 g/mol. The molecule has 0 atom stereocenters. The van der Waals surface area contributed by atoms with Crippen LogP contribution >= 0.6 is 22.7 Å². The molecule has 0 bridgehead atoms. The molecule has 0 saturated heterocycles. The van der Waals surface area contributed by atoms with Crippen LogP contribution in [0.1, 0.15) is 11.4 Å². The van der Waals surface area contributed by atoms with Crippen LogP contribution in [0.2, 0.25) is 0 Å². The zero-order valence-corrected chi connectivity index (χ0v) is 39.6. The molecule has 4 aromatic carbocycles. The van der Waals surface area contributed by atoms with E-state index in [0.29, 0.717) is 8.68 Å². The smallest absolute Gasteiger partial charge is 0.404 e. The Bertz CT molecular complexity index is 2420. The van der Waals surface area contributed by atoms with E-state index < -0.39 is 20.5 Å². The summed E-state index contributed by atoms with van der Waals surface area (Å²) in [6.07, 6.45) is 0. The summed E-state index contributed by atoms with van der Waals surface area (Å²) in [6.45, 7) is 4.17. The standard InChI is InChI=1S/2C20H15N3S2.2ClHO4.Zn/c2*1-14-12-17(15-8-4-2-5-9-15)13-18(16-10-6-3-7-11-16)23(14)19-21-22-20(24)25-19;2*2-1(3,4)5;/h2*2-13H,1H3;2*(H,2,3,4,5);/q;;;;+2/p-2. The van der Waals surface area contributed by atoms with E-state index in [0.717, 1.165) is 44.2 Å². The molecule has 0 N–H and O–H groups in total. The van der Waals surface area contributed by atoms with Gasteiger partial charge in [0.15, 0.2) is 0 Å². The van der Waals surface area contributed by atoms with E-state index in [1.165, 1.54) is 44.9 Å². The molecular formula is C40H30Cl2N6O8S4Zn. The fourth-order valence-corrected chi connectivity index (χ4v) is 7.63. The van der Waals surface area contributed by atoms with Crippen molar-refractivity contribution in [2.24, 2.45) is 0 Å². The second kappa shape index (κ2) is 22.6. The monoisotopic (exact) mass is 984 g/mol. The van der Waals surface area contributed by atoms with Crippen molar-refractivity contribution in [3.8, 4) is 55.0 Å². The maximum Gasteiger partial charge on any atom is 2.00 e. The Balaban J connectivity index is 0.000000217. The van der Waals surface area contributed by atoms with Crippen molar-refractivity contribution < 1.29 is 86.4 Å². The van der Waals surface area contributed by atoms with E-state index in [9.17, 15) is 0 Å². The molecule has 0 aliphatic rings. The van der Waals surface area contributed by atoms with Gasteiger partial charge in [0.2, 0.25) is 0 Å². The quantitative estimate of drug-likeness (QED) is 0.113. The van der Waals surface area contributed by atoms with Gasteiger partial charge < -0.3 is 25.3 Å². The molecule has 308 valence electrons. The molecule has 8 aromatic rings. The van der Waals surface area contributed by atoms with Gasteiger partial charge in [-0.2, -0.15) is 9.13 Å². The Morgan fingerprint density at radius 1 is 0.410 bits per heavy atom. The van der Waals surface area contributed by atoms with E-state index in [1.54, 1.807) is 0 Å². The van der Waals surface area contributed by atoms with E-state index in [1.807, 2.05) is 48.5 Å². The first-order valence-corrected chi connectivity index (χ1v) is 22.0. The summed E-state index contributed by atoms with van der Waals surface area (Å²) in [4.78, 5) is 0. The van der Waals surface area contributed by atoms with Crippen molar-refractivity contribution in [1.82, 2.24) is 20.4 Å². The molecule has 0 fully saturated rings. The Labute approximate surface area is 386 Å². The second-order valence-corrected chi connectivity index (χ2v) is 16.8. The number of hydrogen-bond acceptors (Lipinski definition) is 16. The van der Waals surface area contributed by atoms with Gasteiger partial charge in [-0.1, -0.05) is 132 Å². The summed E-state index contributed by atoms with van der Waals surface area (Å²) < 4.78 is 73.3. The van der Waals surface area contributed by atoms with Crippen molar-refractivity contribution in [3.63, 3.8) is 0 Å². The molecule has 0 radical (unpaired) electrons. The van der Waals surface area contributed by atoms with Crippen LogP contribution in [0.5, 0.6) is 0 Å². The molecule has 0 unspecified atom stereocenters. The minimum absolute atomic E-state index is 0. The molecule has 0 aliphatic heterocycles. The van der Waals surface area contributed by atoms with Crippen molar-refractivity contribution >= 4 is 47.9 Å². The SMILES string of the molecule is Cc1cc(-c2ccccc2)cc(-c2ccccc2)[n+]1-c1nnc([S-])s1.Cc1cc(-c2ccccc2)cc(-c2ccccc2)[n+]1-c1nnc([S-])s1.[O-][Cl+3]([O-])([O-])[O-].[O-][Cl+3]([O-])([O-])[O-].[Zn+2]. The van der Waals surface area contributed by atoms with Crippen LogP contribution in [0.25, 0.3) is 55.0 Å². The predicted molar refractivity (Wildman–Crippen MR) is 205 cm³/mol. The molecule has 21 heteroatoms. The van der Waals surface area contributed by atoms with Gasteiger partial charge in [-0.3, -0.25) is 22.7 Å². The van der Waals surface area contributed by atoms with Gasteiger partial charge in [0.1, 0.15) is 22.8 Å². The number of benzene rings is 4. The topological polar surface area (TPSA) is 244 Å². The third-order valence-electron chi connectivity index (χ3n) is 8.03. The number of pyridine rings is 2. The summed E-state index contributed by atoms with van der Waals surface area (Å²) >= 11 is 13.2. The van der Waals surface area contributed by atoms with Gasteiger partial charge in [0, 0.05) is 19.8 Å². The molecule has 0 spiro atoms. The molecule has 4 aromatic heterocycles. The van der Waals surface area contributed by atoms with Crippen LogP contribution in [0, 0.1) is 34.3 Å². The van der Waals surface area contributed by atoms with Gasteiger partial charge >= 0.3 is 29.7 Å². The van der Waals surface area contributed by atoms with Gasteiger partial charge in [-0.15, -0.1) is 20.5 Å². The molecule has 14 nitrogen and oxygen atoms in total. The minimum Gasteiger partial charge on any atom is -0.404 e. The summed E-state index contributed by atoms with van der Waals surface area (Å²) in [7, 11) is -9.89. The molecule has 0 aliphatic carbocycles. The number of aryl methyl sites for hydroxylation is 2. The predicted octanol–water partition coefficient (Wildman–Crippen LogP) is -0.788. The fourth-order valence-electron chi connectivity index (χ4n) is 5.80. The molecule has 61 heavy (non-hydrogen) atoms. The van der Waals surface area contributed by atoms with Gasteiger partial charge in [0.25, 0.3) is 0 Å². The maximum absolute atomic E-state index is 8.49. The largest absolute Gasteiger partial charge is 2.00 e. The van der Waals surface area contributed by atoms with Crippen LogP contribution < -0.4 is 46.4 Å². The van der Waals surface area contributed by atoms with Gasteiger partial charge in [-0.25, -0.2) is 37.3 Å². The van der Waals surface area contributed by atoms with E-state index in [4.69, 9.17) is 62.5 Å². The fraction of sp³-hybridized carbons (Fsp3) is 0.0500. The van der Waals surface area contributed by atoms with Crippen LogP contribution in [0.3, 0.4) is 0 Å². The third kappa shape index (κ3) is 15.5. The summed E-state index contributed by atoms with van der Waals surface area (Å²) in [5.74, 6) is 0. The molecule has 0 saturated carbocycles. The van der Waals surface area contributed by atoms with E-state index in [-0.39, 0.29) is 19.5 Å². The summed E-state index contributed by atoms with van der Waals surface area (Å²) in [5.41, 5.74) is 11.3. The average molecular weight is 987 g/mol. The molecule has 8 rings (SSSR count). The average Bonchev–Trinajstić information content (AvgIpc) is 3.85. The first-order valence-electron chi connectivity index (χ1n) is 17.0. The first-order chi connectivity index (χ1) is 28.4. The van der Waals surface area contributed by atoms with Crippen LogP contribution in [-0.4, -0.2) is 20.4 Å². The Morgan fingerprint density at radius 2 is 0.672 bits per heavy atom. The number of nitrogens with zero attached hydrogens (tertiary/aromatic N) is 6. The maximum atomic E-state index is 8.49. The number of halogens is 2.